The Balaban J connectivity index is 0.000000162. The number of rotatable bonds is 13. The van der Waals surface area contributed by atoms with Gasteiger partial charge in [-0.1, -0.05) is 36.0 Å². The molecule has 3 heterocycles. The minimum Gasteiger partial charge on any atom is -0.397 e. The van der Waals surface area contributed by atoms with Crippen molar-refractivity contribution < 1.29 is 25.9 Å². The van der Waals surface area contributed by atoms with Crippen molar-refractivity contribution in [2.45, 2.75) is 115 Å². The predicted octanol–water partition coefficient (Wildman–Crippen LogP) is 9.21. The highest BCUT2D eigenvalue weighted by molar-refractivity contribution is 7.92. The van der Waals surface area contributed by atoms with Crippen LogP contribution in [-0.4, -0.2) is 66.9 Å². The van der Waals surface area contributed by atoms with Crippen LogP contribution in [0.25, 0.3) is 33.3 Å². The number of hydrogen-bond acceptors (Lipinski definition) is 14. The van der Waals surface area contributed by atoms with Crippen LogP contribution < -0.4 is 16.8 Å². The number of H-pyrrole nitrogens is 1. The Kier molecular flexibility index (Phi) is 13.7. The molecule has 0 unspecified atom stereocenters. The minimum absolute atomic E-state index is 0.115. The first-order valence-electron chi connectivity index (χ1n) is 21.5. The first-order valence-corrected chi connectivity index (χ1v) is 25.2. The van der Waals surface area contributed by atoms with E-state index in [1.165, 1.54) is 25.7 Å². The number of isothiocyanates is 1. The van der Waals surface area contributed by atoms with Gasteiger partial charge in [-0.3, -0.25) is 0 Å². The summed E-state index contributed by atoms with van der Waals surface area (Å²) in [5.41, 5.74) is 18.1. The summed E-state index contributed by atoms with van der Waals surface area (Å²) in [6, 6.07) is 6.98. The van der Waals surface area contributed by atoms with Gasteiger partial charge in [0.05, 0.1) is 61.3 Å². The molecule has 4 aliphatic carbocycles. The van der Waals surface area contributed by atoms with Crippen molar-refractivity contribution >= 4 is 65.4 Å². The zero-order valence-corrected chi connectivity index (χ0v) is 38.0. The van der Waals surface area contributed by atoms with Gasteiger partial charge < -0.3 is 30.8 Å². The lowest BCUT2D eigenvalue weighted by Crippen LogP contribution is -2.16. The molecule has 6 N–H and O–H groups in total. The Morgan fingerprint density at radius 1 is 0.738 bits per heavy atom. The highest BCUT2D eigenvalue weighted by atomic mass is 32.2. The van der Waals surface area contributed by atoms with Crippen LogP contribution in [0.3, 0.4) is 0 Å². The molecular weight excluding hydrogens is 833 g/mol. The Morgan fingerprint density at radius 3 is 1.74 bits per heavy atom. The van der Waals surface area contributed by atoms with Crippen molar-refractivity contribution in [3.63, 3.8) is 0 Å². The number of anilines is 3. The number of nitrogens with two attached hydrogens (primary N) is 2. The lowest BCUT2D eigenvalue weighted by Gasteiger charge is -2.15. The summed E-state index contributed by atoms with van der Waals surface area (Å²) in [6.45, 7) is 9.10. The zero-order chi connectivity index (χ0) is 43.5. The van der Waals surface area contributed by atoms with Gasteiger partial charge >= 0.3 is 0 Å². The summed E-state index contributed by atoms with van der Waals surface area (Å²) in [5.74, 6) is 4.24. The molecule has 0 bridgehead atoms. The fourth-order valence-electron chi connectivity index (χ4n) is 8.57. The number of fused-ring (bicyclic) bond motifs is 1. The van der Waals surface area contributed by atoms with Crippen LogP contribution in [0.1, 0.15) is 100.0 Å². The smallest absolute Gasteiger partial charge is 0.201 e. The average molecular weight is 891 g/mol. The molecule has 328 valence electrons. The summed E-state index contributed by atoms with van der Waals surface area (Å²) < 4.78 is 63.2. The maximum absolute atomic E-state index is 13.5. The molecule has 61 heavy (non-hydrogen) atoms. The van der Waals surface area contributed by atoms with E-state index in [1.807, 2.05) is 26.8 Å². The van der Waals surface area contributed by atoms with E-state index in [0.717, 1.165) is 98.3 Å². The highest BCUT2D eigenvalue weighted by Gasteiger charge is 2.30. The number of imidazole rings is 1. The molecule has 0 amide bonds. The largest absolute Gasteiger partial charge is 0.397 e. The van der Waals surface area contributed by atoms with Gasteiger partial charge in [0.1, 0.15) is 17.0 Å². The Hall–Kier alpha value is -4.57. The summed E-state index contributed by atoms with van der Waals surface area (Å²) in [6.07, 6.45) is 13.5. The average Bonchev–Trinajstić information content (AvgIpc) is 3.91. The van der Waals surface area contributed by atoms with Crippen molar-refractivity contribution in [2.75, 3.05) is 41.4 Å². The minimum atomic E-state index is -3.49. The number of aryl methyl sites for hydroxylation is 4. The van der Waals surface area contributed by atoms with Gasteiger partial charge in [-0.15, -0.1) is 0 Å². The van der Waals surface area contributed by atoms with E-state index < -0.39 is 19.7 Å². The maximum Gasteiger partial charge on any atom is 0.201 e. The van der Waals surface area contributed by atoms with Gasteiger partial charge in [0.2, 0.25) is 5.95 Å². The monoisotopic (exact) mass is 890 g/mol. The van der Waals surface area contributed by atoms with Gasteiger partial charge in [0.15, 0.2) is 19.7 Å². The summed E-state index contributed by atoms with van der Waals surface area (Å²) in [5, 5.41) is 13.6. The number of thiocarbonyl (C=S) groups is 1. The van der Waals surface area contributed by atoms with Crippen molar-refractivity contribution in [1.82, 2.24) is 20.3 Å². The first-order chi connectivity index (χ1) is 29.1. The molecule has 9 rings (SSSR count). The Morgan fingerprint density at radius 2 is 1.25 bits per heavy atom. The van der Waals surface area contributed by atoms with Crippen LogP contribution >= 0.6 is 12.2 Å². The molecular formula is C44H58N8O6S3. The number of benzene rings is 2. The lowest BCUT2D eigenvalue weighted by molar-refractivity contribution is 0.393. The lowest BCUT2D eigenvalue weighted by atomic mass is 10.0. The molecule has 2 aromatic carbocycles. The molecule has 4 saturated carbocycles. The molecule has 4 aliphatic rings. The molecule has 0 spiro atoms. The summed E-state index contributed by atoms with van der Waals surface area (Å²) >= 11 is 4.38. The highest BCUT2D eigenvalue weighted by Crippen LogP contribution is 2.39. The van der Waals surface area contributed by atoms with Crippen LogP contribution in [0.15, 0.2) is 48.1 Å². The topological polar surface area (TPSA) is 225 Å². The molecule has 0 radical (unpaired) electrons. The van der Waals surface area contributed by atoms with Crippen molar-refractivity contribution in [1.29, 1.82) is 0 Å². The number of nitrogens with zero attached hydrogens (tertiary/aromatic N) is 4. The van der Waals surface area contributed by atoms with Crippen LogP contribution in [0.4, 0.5) is 17.3 Å². The molecule has 0 atom stereocenters. The van der Waals surface area contributed by atoms with Gasteiger partial charge in [-0.05, 0) is 150 Å². The Labute approximate surface area is 363 Å². The van der Waals surface area contributed by atoms with Crippen LogP contribution in [0.2, 0.25) is 0 Å². The van der Waals surface area contributed by atoms with Gasteiger partial charge in [0.25, 0.3) is 0 Å². The number of aromatic nitrogens is 4. The van der Waals surface area contributed by atoms with Crippen LogP contribution in [0.5, 0.6) is 0 Å². The van der Waals surface area contributed by atoms with E-state index in [4.69, 9.17) is 20.5 Å². The van der Waals surface area contributed by atoms with Crippen LogP contribution in [0, 0.1) is 51.4 Å². The number of nitrogens with one attached hydrogen (secondary N) is 2. The summed E-state index contributed by atoms with van der Waals surface area (Å²) in [7, 11) is -6.97. The van der Waals surface area contributed by atoms with E-state index in [1.54, 1.807) is 25.1 Å². The van der Waals surface area contributed by atoms with E-state index in [9.17, 15) is 16.8 Å². The number of aromatic amines is 1. The molecule has 4 fully saturated rings. The SMILES string of the molecule is Cc1noc(C)c1-c1cc(N)c(N)c(S(=O)(=O)CC2CCCC2)c1.Cc1noc(C)c1-c1cc(S(=O)(=O)CC2CCCC2)c2nc(NCC3CC3)[nH]c2c1.S=C=NCC1CC1. The van der Waals surface area contributed by atoms with E-state index in [-0.39, 0.29) is 39.6 Å². The second-order valence-corrected chi connectivity index (χ2v) is 21.6. The zero-order valence-electron chi connectivity index (χ0n) is 35.6. The predicted molar refractivity (Wildman–Crippen MR) is 243 cm³/mol. The molecule has 14 nitrogen and oxygen atoms in total. The third-order valence-electron chi connectivity index (χ3n) is 12.3. The van der Waals surface area contributed by atoms with Gasteiger partial charge in [-0.2, -0.15) is 0 Å². The summed E-state index contributed by atoms with van der Waals surface area (Å²) in [4.78, 5) is 12.1. The second kappa shape index (κ2) is 18.8. The van der Waals surface area contributed by atoms with Gasteiger partial charge in [-0.25, -0.2) is 26.8 Å². The molecule has 5 aromatic rings. The maximum atomic E-state index is 13.5. The third-order valence-corrected chi connectivity index (χ3v) is 16.2. The van der Waals surface area contributed by atoms with Crippen molar-refractivity contribution in [2.24, 2.45) is 28.7 Å². The molecule has 0 saturated heterocycles. The Bertz CT molecular complexity index is 2590. The standard InChI is InChI=1S/C22H28N4O3S.C17H23N3O3S.C5H7NS/c1-13-20(14(2)29-26-13)17-9-18-21(25-22(24-18)23-11-15-7-8-15)19(10-17)30(27,28)12-16-5-3-4-6-16;1-10-16(11(2)23-20-10)13-7-14(18)17(19)15(8-13)24(21,22)9-12-5-3-4-6-12;7-4-6-3-5-1-2-5/h9-10,15-16H,3-8,11-12H2,1-2H3,(H2,23,24,25);7-8,12H,3-6,9,18-19H2,1-2H3;5H,1-3H2. The third kappa shape index (κ3) is 10.9. The normalized spacial score (nSPS) is 17.1. The number of aliphatic imine (C=N–C) groups is 1. The fraction of sp³-hybridized carbons (Fsp3) is 0.545. The van der Waals surface area contributed by atoms with Crippen molar-refractivity contribution in [3.05, 3.63) is 47.2 Å². The number of sulfone groups is 2. The first kappa shape index (κ1) is 44.5. The second-order valence-electron chi connectivity index (χ2n) is 17.4. The number of hydrogen-bond donors (Lipinski definition) is 4. The molecule has 3 aromatic heterocycles. The number of nitrogen functional groups attached to an aromatic ring is 2. The van der Waals surface area contributed by atoms with Crippen molar-refractivity contribution in [3.8, 4) is 22.3 Å². The van der Waals surface area contributed by atoms with E-state index in [0.29, 0.717) is 45.1 Å². The molecule has 17 heteroatoms. The molecule has 0 aliphatic heterocycles. The fourth-order valence-corrected chi connectivity index (χ4v) is 12.4. The van der Waals surface area contributed by atoms with E-state index >= 15 is 0 Å². The van der Waals surface area contributed by atoms with E-state index in [2.05, 4.69) is 48.0 Å². The van der Waals surface area contributed by atoms with Crippen LogP contribution in [-0.2, 0) is 19.7 Å². The van der Waals surface area contributed by atoms with Gasteiger partial charge in [0, 0.05) is 17.7 Å². The quantitative estimate of drug-likeness (QED) is 0.0492.